The second kappa shape index (κ2) is 10.3. The Bertz CT molecular complexity index is 1050. The van der Waals surface area contributed by atoms with Gasteiger partial charge in [-0.3, -0.25) is 9.78 Å². The van der Waals surface area contributed by atoms with Crippen molar-refractivity contribution in [3.8, 4) is 11.5 Å². The van der Waals surface area contributed by atoms with Crippen molar-refractivity contribution in [1.29, 1.82) is 0 Å². The number of ether oxygens (including phenoxy) is 2. The monoisotopic (exact) mass is 467 g/mol. The van der Waals surface area contributed by atoms with Gasteiger partial charge in [0.25, 0.3) is 5.91 Å². The molecule has 3 rings (SSSR count). The molecule has 8 heteroatoms. The third kappa shape index (κ3) is 5.74. The standard InChI is InChI=1S/C22H18BrN3O4/c1-2-29-20-12-15(13-25-26-21(27)17-4-3-11-24-14-17)5-10-19(20)30-22(28)16-6-8-18(23)9-7-16/h3-14H,2H2,1H3,(H,26,27)/b25-13+. The summed E-state index contributed by atoms with van der Waals surface area (Å²) < 4.78 is 11.9. The highest BCUT2D eigenvalue weighted by atomic mass is 79.9. The number of esters is 1. The molecule has 1 heterocycles. The lowest BCUT2D eigenvalue weighted by atomic mass is 10.2. The van der Waals surface area contributed by atoms with Crippen LogP contribution < -0.4 is 14.9 Å². The smallest absolute Gasteiger partial charge is 0.343 e. The van der Waals surface area contributed by atoms with Crippen LogP contribution in [0.4, 0.5) is 0 Å². The van der Waals surface area contributed by atoms with Gasteiger partial charge in [0.1, 0.15) is 0 Å². The van der Waals surface area contributed by atoms with Gasteiger partial charge >= 0.3 is 5.97 Å². The molecule has 0 aliphatic heterocycles. The molecule has 0 radical (unpaired) electrons. The molecule has 0 aliphatic rings. The van der Waals surface area contributed by atoms with E-state index in [-0.39, 0.29) is 5.91 Å². The number of hydrogen-bond donors (Lipinski definition) is 1. The maximum Gasteiger partial charge on any atom is 0.343 e. The van der Waals surface area contributed by atoms with Crippen molar-refractivity contribution < 1.29 is 19.1 Å². The van der Waals surface area contributed by atoms with E-state index in [1.807, 2.05) is 6.92 Å². The molecule has 1 aromatic heterocycles. The number of amides is 1. The maximum absolute atomic E-state index is 12.4. The number of hydrogen-bond acceptors (Lipinski definition) is 6. The van der Waals surface area contributed by atoms with Crippen LogP contribution in [0.2, 0.25) is 0 Å². The lowest BCUT2D eigenvalue weighted by molar-refractivity contribution is 0.0728. The van der Waals surface area contributed by atoms with Gasteiger partial charge in [-0.05, 0) is 67.1 Å². The molecule has 152 valence electrons. The minimum atomic E-state index is -0.492. The zero-order valence-corrected chi connectivity index (χ0v) is 17.6. The molecule has 0 bridgehead atoms. The lowest BCUT2D eigenvalue weighted by Crippen LogP contribution is -2.17. The molecule has 0 saturated carbocycles. The molecular formula is C22H18BrN3O4. The maximum atomic E-state index is 12.4. The second-order valence-corrected chi connectivity index (χ2v) is 6.89. The molecular weight excluding hydrogens is 450 g/mol. The highest BCUT2D eigenvalue weighted by Crippen LogP contribution is 2.29. The molecule has 7 nitrogen and oxygen atoms in total. The fourth-order valence-electron chi connectivity index (χ4n) is 2.43. The van der Waals surface area contributed by atoms with Crippen LogP contribution in [0.3, 0.4) is 0 Å². The van der Waals surface area contributed by atoms with E-state index >= 15 is 0 Å². The minimum absolute atomic E-state index is 0.293. The summed E-state index contributed by atoms with van der Waals surface area (Å²) in [6, 6.07) is 15.2. The van der Waals surface area contributed by atoms with E-state index in [0.29, 0.717) is 34.8 Å². The molecule has 0 spiro atoms. The highest BCUT2D eigenvalue weighted by molar-refractivity contribution is 9.10. The molecule has 0 saturated heterocycles. The summed E-state index contributed by atoms with van der Waals surface area (Å²) in [5, 5.41) is 3.95. The normalized spacial score (nSPS) is 10.6. The van der Waals surface area contributed by atoms with Crippen molar-refractivity contribution in [2.75, 3.05) is 6.61 Å². The number of nitrogens with one attached hydrogen (secondary N) is 1. The lowest BCUT2D eigenvalue weighted by Gasteiger charge is -2.11. The summed E-state index contributed by atoms with van der Waals surface area (Å²) in [6.45, 7) is 2.22. The van der Waals surface area contributed by atoms with E-state index in [1.165, 1.54) is 12.4 Å². The Balaban J connectivity index is 1.70. The average molecular weight is 468 g/mol. The number of nitrogens with zero attached hydrogens (tertiary/aromatic N) is 2. The Kier molecular flexibility index (Phi) is 7.29. The van der Waals surface area contributed by atoms with Gasteiger partial charge in [0.05, 0.1) is 23.9 Å². The number of halogens is 1. The van der Waals surface area contributed by atoms with Gasteiger partial charge < -0.3 is 9.47 Å². The number of carbonyl (C=O) groups excluding carboxylic acids is 2. The Hall–Kier alpha value is -3.52. The van der Waals surface area contributed by atoms with Crippen LogP contribution in [0.5, 0.6) is 11.5 Å². The Labute approximate surface area is 181 Å². The van der Waals surface area contributed by atoms with E-state index in [0.717, 1.165) is 4.47 Å². The summed E-state index contributed by atoms with van der Waals surface area (Å²) in [5.41, 5.74) is 3.92. The molecule has 30 heavy (non-hydrogen) atoms. The number of benzene rings is 2. The molecule has 3 aromatic rings. The van der Waals surface area contributed by atoms with Gasteiger partial charge in [0.15, 0.2) is 11.5 Å². The van der Waals surface area contributed by atoms with Crippen LogP contribution in [-0.2, 0) is 0 Å². The van der Waals surface area contributed by atoms with Crippen molar-refractivity contribution in [3.05, 3.63) is 88.2 Å². The number of rotatable bonds is 7. The Morgan fingerprint density at radius 1 is 1.10 bits per heavy atom. The van der Waals surface area contributed by atoms with Crippen LogP contribution in [0.1, 0.15) is 33.2 Å². The van der Waals surface area contributed by atoms with Gasteiger partial charge in [-0.1, -0.05) is 15.9 Å². The summed E-state index contributed by atoms with van der Waals surface area (Å²) >= 11 is 3.33. The van der Waals surface area contributed by atoms with Crippen molar-refractivity contribution in [1.82, 2.24) is 10.4 Å². The molecule has 1 amide bonds. The molecule has 0 atom stereocenters. The summed E-state index contributed by atoms with van der Waals surface area (Å²) in [6.07, 6.45) is 4.50. The van der Waals surface area contributed by atoms with Crippen molar-refractivity contribution >= 4 is 34.0 Å². The summed E-state index contributed by atoms with van der Waals surface area (Å²) in [7, 11) is 0. The topological polar surface area (TPSA) is 89.9 Å². The molecule has 0 fully saturated rings. The molecule has 2 aromatic carbocycles. The number of pyridine rings is 1. The Morgan fingerprint density at radius 3 is 2.60 bits per heavy atom. The quantitative estimate of drug-likeness (QED) is 0.243. The van der Waals surface area contributed by atoms with Crippen LogP contribution in [0, 0.1) is 0 Å². The third-order valence-corrected chi connectivity index (χ3v) is 4.38. The first-order valence-corrected chi connectivity index (χ1v) is 9.84. The molecule has 0 aliphatic carbocycles. The zero-order valence-electron chi connectivity index (χ0n) is 16.0. The SMILES string of the molecule is CCOc1cc(/C=N/NC(=O)c2cccnc2)ccc1OC(=O)c1ccc(Br)cc1. The van der Waals surface area contributed by atoms with Gasteiger partial charge in [-0.2, -0.15) is 5.10 Å². The largest absolute Gasteiger partial charge is 0.490 e. The average Bonchev–Trinajstić information content (AvgIpc) is 2.76. The third-order valence-electron chi connectivity index (χ3n) is 3.85. The first kappa shape index (κ1) is 21.2. The van der Waals surface area contributed by atoms with E-state index in [9.17, 15) is 9.59 Å². The second-order valence-electron chi connectivity index (χ2n) is 5.98. The predicted molar refractivity (Wildman–Crippen MR) is 116 cm³/mol. The van der Waals surface area contributed by atoms with Crippen LogP contribution >= 0.6 is 15.9 Å². The first-order chi connectivity index (χ1) is 14.6. The first-order valence-electron chi connectivity index (χ1n) is 9.05. The minimum Gasteiger partial charge on any atom is -0.490 e. The van der Waals surface area contributed by atoms with Crippen LogP contribution in [-0.4, -0.2) is 29.7 Å². The summed E-state index contributed by atoms with van der Waals surface area (Å²) in [4.78, 5) is 28.3. The van der Waals surface area contributed by atoms with Crippen molar-refractivity contribution in [2.24, 2.45) is 5.10 Å². The van der Waals surface area contributed by atoms with Crippen LogP contribution in [0.15, 0.2) is 76.6 Å². The van der Waals surface area contributed by atoms with E-state index in [2.05, 4.69) is 31.4 Å². The zero-order chi connectivity index (χ0) is 21.3. The summed E-state index contributed by atoms with van der Waals surface area (Å²) in [5.74, 6) is -0.176. The fourth-order valence-corrected chi connectivity index (χ4v) is 2.69. The number of carbonyl (C=O) groups is 2. The molecule has 1 N–H and O–H groups in total. The highest BCUT2D eigenvalue weighted by Gasteiger charge is 2.13. The van der Waals surface area contributed by atoms with Crippen molar-refractivity contribution in [2.45, 2.75) is 6.92 Å². The predicted octanol–water partition coefficient (Wildman–Crippen LogP) is 4.23. The van der Waals surface area contributed by atoms with E-state index < -0.39 is 5.97 Å². The fraction of sp³-hybridized carbons (Fsp3) is 0.0909. The van der Waals surface area contributed by atoms with Gasteiger partial charge in [0.2, 0.25) is 0 Å². The van der Waals surface area contributed by atoms with E-state index in [1.54, 1.807) is 60.8 Å². The number of aromatic nitrogens is 1. The van der Waals surface area contributed by atoms with Gasteiger partial charge in [0, 0.05) is 16.9 Å². The Morgan fingerprint density at radius 2 is 1.90 bits per heavy atom. The van der Waals surface area contributed by atoms with Gasteiger partial charge in [-0.15, -0.1) is 0 Å². The van der Waals surface area contributed by atoms with Crippen LogP contribution in [0.25, 0.3) is 0 Å². The number of hydrazone groups is 1. The van der Waals surface area contributed by atoms with Gasteiger partial charge in [-0.25, -0.2) is 10.2 Å². The van der Waals surface area contributed by atoms with Crippen molar-refractivity contribution in [3.63, 3.8) is 0 Å². The molecule has 0 unspecified atom stereocenters. The van der Waals surface area contributed by atoms with E-state index in [4.69, 9.17) is 9.47 Å².